The Balaban J connectivity index is 1.84. The molecule has 0 radical (unpaired) electrons. The normalized spacial score (nSPS) is 16.1. The van der Waals surface area contributed by atoms with E-state index >= 15 is 0 Å². The van der Waals surface area contributed by atoms with Crippen molar-refractivity contribution in [3.05, 3.63) is 62.3 Å². The number of alkyl carbamates (subject to hydrolysis) is 1. The third kappa shape index (κ3) is 4.73. The molecule has 1 aliphatic rings. The van der Waals surface area contributed by atoms with Crippen LogP contribution in [0.3, 0.4) is 0 Å². The van der Waals surface area contributed by atoms with Gasteiger partial charge in [-0.2, -0.15) is 5.26 Å². The summed E-state index contributed by atoms with van der Waals surface area (Å²) in [5, 5.41) is 13.2. The number of ether oxygens (including phenoxy) is 1. The maximum atomic E-state index is 13.3. The van der Waals surface area contributed by atoms with Gasteiger partial charge in [-0.3, -0.25) is 13.9 Å². The Morgan fingerprint density at radius 2 is 1.83 bits per heavy atom. The SMILES string of the molecule is Cn1c(=O)c2c(c(C#N)c(N3CCCC(NC(=O)OC(C)(C)C)C3)n2Cc2ccccc2)n(C)c1=O. The minimum absolute atomic E-state index is 0.199. The Labute approximate surface area is 209 Å². The highest BCUT2D eigenvalue weighted by Gasteiger charge is 2.31. The Morgan fingerprint density at radius 3 is 2.47 bits per heavy atom. The minimum atomic E-state index is -0.612. The molecule has 1 atom stereocenters. The summed E-state index contributed by atoms with van der Waals surface area (Å²) < 4.78 is 9.69. The fourth-order valence-corrected chi connectivity index (χ4v) is 4.82. The summed E-state index contributed by atoms with van der Waals surface area (Å²) >= 11 is 0. The van der Waals surface area contributed by atoms with Gasteiger partial charge in [0.05, 0.1) is 5.52 Å². The molecule has 190 valence electrons. The lowest BCUT2D eigenvalue weighted by atomic mass is 10.1. The lowest BCUT2D eigenvalue weighted by Gasteiger charge is -2.35. The number of fused-ring (bicyclic) bond motifs is 1. The van der Waals surface area contributed by atoms with E-state index in [2.05, 4.69) is 11.4 Å². The fourth-order valence-electron chi connectivity index (χ4n) is 4.82. The van der Waals surface area contributed by atoms with Gasteiger partial charge in [0.1, 0.15) is 28.6 Å². The number of nitrogens with one attached hydrogen (secondary N) is 1. The number of anilines is 1. The van der Waals surface area contributed by atoms with Gasteiger partial charge in [0.15, 0.2) is 0 Å². The monoisotopic (exact) mass is 492 g/mol. The molecule has 0 bridgehead atoms. The third-order valence-electron chi connectivity index (χ3n) is 6.36. The van der Waals surface area contributed by atoms with E-state index in [0.29, 0.717) is 36.5 Å². The number of nitrogens with zero attached hydrogens (tertiary/aromatic N) is 5. The third-order valence-corrected chi connectivity index (χ3v) is 6.36. The van der Waals surface area contributed by atoms with Crippen LogP contribution in [0.5, 0.6) is 0 Å². The van der Waals surface area contributed by atoms with E-state index in [4.69, 9.17) is 4.74 Å². The summed E-state index contributed by atoms with van der Waals surface area (Å²) in [7, 11) is 3.02. The number of aryl methyl sites for hydroxylation is 1. The van der Waals surface area contributed by atoms with E-state index in [1.165, 1.54) is 11.6 Å². The highest BCUT2D eigenvalue weighted by molar-refractivity contribution is 5.90. The minimum Gasteiger partial charge on any atom is -0.444 e. The van der Waals surface area contributed by atoms with Crippen LogP contribution in [-0.2, 0) is 25.4 Å². The van der Waals surface area contributed by atoms with Gasteiger partial charge < -0.3 is 19.5 Å². The molecule has 1 unspecified atom stereocenters. The summed E-state index contributed by atoms with van der Waals surface area (Å²) in [6, 6.07) is 11.7. The largest absolute Gasteiger partial charge is 0.444 e. The fraction of sp³-hybridized carbons (Fsp3) is 0.462. The second-order valence-electron chi connectivity index (χ2n) is 10.2. The standard InChI is InChI=1S/C26H32N6O4/c1-26(2,3)36-24(34)28-18-12-9-13-31(16-18)22-19(14-27)20-21(23(33)30(5)25(35)29(20)4)32(22)15-17-10-7-6-8-11-17/h6-8,10-11,18H,9,12-13,15-16H2,1-5H3,(H,28,34). The van der Waals surface area contributed by atoms with E-state index in [1.807, 2.05) is 60.6 Å². The maximum absolute atomic E-state index is 13.3. The molecule has 4 rings (SSSR count). The van der Waals surface area contributed by atoms with Gasteiger partial charge in [0.25, 0.3) is 5.56 Å². The van der Waals surface area contributed by atoms with E-state index in [1.54, 1.807) is 7.05 Å². The lowest BCUT2D eigenvalue weighted by Crippen LogP contribution is -2.49. The van der Waals surface area contributed by atoms with Gasteiger partial charge in [0.2, 0.25) is 0 Å². The molecule has 1 aromatic carbocycles. The van der Waals surface area contributed by atoms with E-state index in [-0.39, 0.29) is 11.6 Å². The van der Waals surface area contributed by atoms with Crippen LogP contribution in [0.25, 0.3) is 11.0 Å². The zero-order chi connectivity index (χ0) is 26.2. The van der Waals surface area contributed by atoms with Crippen molar-refractivity contribution >= 4 is 22.9 Å². The zero-order valence-electron chi connectivity index (χ0n) is 21.4. The number of hydrogen-bond acceptors (Lipinski definition) is 6. The predicted octanol–water partition coefficient (Wildman–Crippen LogP) is 2.45. The van der Waals surface area contributed by atoms with Crippen LogP contribution < -0.4 is 21.5 Å². The average molecular weight is 493 g/mol. The predicted molar refractivity (Wildman–Crippen MR) is 137 cm³/mol. The zero-order valence-corrected chi connectivity index (χ0v) is 21.4. The smallest absolute Gasteiger partial charge is 0.407 e. The van der Waals surface area contributed by atoms with Crippen LogP contribution in [-0.4, -0.2) is 44.5 Å². The van der Waals surface area contributed by atoms with Crippen LogP contribution in [0.15, 0.2) is 39.9 Å². The van der Waals surface area contributed by atoms with Gasteiger partial charge in [-0.15, -0.1) is 0 Å². The molecule has 2 aromatic heterocycles. The lowest BCUT2D eigenvalue weighted by molar-refractivity contribution is 0.0500. The molecule has 1 saturated heterocycles. The highest BCUT2D eigenvalue weighted by Crippen LogP contribution is 2.33. The first-order valence-electron chi connectivity index (χ1n) is 12.0. The number of nitriles is 1. The molecule has 10 heteroatoms. The van der Waals surface area contributed by atoms with Gasteiger partial charge in [-0.1, -0.05) is 30.3 Å². The van der Waals surface area contributed by atoms with Crippen molar-refractivity contribution in [2.75, 3.05) is 18.0 Å². The number of benzene rings is 1. The Morgan fingerprint density at radius 1 is 1.14 bits per heavy atom. The Bertz CT molecular complexity index is 1450. The first-order valence-corrected chi connectivity index (χ1v) is 12.0. The van der Waals surface area contributed by atoms with Gasteiger partial charge in [-0.05, 0) is 39.2 Å². The van der Waals surface area contributed by atoms with Crippen LogP contribution in [0.2, 0.25) is 0 Å². The Kier molecular flexibility index (Phi) is 6.67. The molecule has 1 aliphatic heterocycles. The molecule has 0 spiro atoms. The molecule has 36 heavy (non-hydrogen) atoms. The first-order chi connectivity index (χ1) is 17.0. The van der Waals surface area contributed by atoms with Crippen LogP contribution >= 0.6 is 0 Å². The van der Waals surface area contributed by atoms with Crippen LogP contribution in [0.4, 0.5) is 10.6 Å². The number of rotatable bonds is 4. The van der Waals surface area contributed by atoms with Gasteiger partial charge >= 0.3 is 11.8 Å². The molecule has 1 N–H and O–H groups in total. The first kappa shape index (κ1) is 25.1. The Hall–Kier alpha value is -4.00. The summed E-state index contributed by atoms with van der Waals surface area (Å²) in [4.78, 5) is 40.5. The van der Waals surface area contributed by atoms with E-state index in [9.17, 15) is 19.6 Å². The molecule has 0 aliphatic carbocycles. The molecule has 1 amide bonds. The number of amides is 1. The van der Waals surface area contributed by atoms with Crippen LogP contribution in [0.1, 0.15) is 44.7 Å². The number of piperidine rings is 1. The molecule has 1 fully saturated rings. The van der Waals surface area contributed by atoms with Gasteiger partial charge in [-0.25, -0.2) is 9.59 Å². The molecular formula is C26H32N6O4. The van der Waals surface area contributed by atoms with Crippen molar-refractivity contribution in [1.82, 2.24) is 19.0 Å². The molecule has 3 aromatic rings. The van der Waals surface area contributed by atoms with Crippen molar-refractivity contribution in [2.24, 2.45) is 14.1 Å². The summed E-state index contributed by atoms with van der Waals surface area (Å²) in [6.07, 6.45) is 1.04. The van der Waals surface area contributed by atoms with Gasteiger partial charge in [0, 0.05) is 39.8 Å². The topological polar surface area (TPSA) is 114 Å². The highest BCUT2D eigenvalue weighted by atomic mass is 16.6. The van der Waals surface area contributed by atoms with Crippen molar-refractivity contribution in [1.29, 1.82) is 5.26 Å². The summed E-state index contributed by atoms with van der Waals surface area (Å²) in [5.74, 6) is 0.574. The molecule has 10 nitrogen and oxygen atoms in total. The second kappa shape index (κ2) is 9.57. The summed E-state index contributed by atoms with van der Waals surface area (Å²) in [5.41, 5.74) is 0.297. The molecule has 3 heterocycles. The molecular weight excluding hydrogens is 460 g/mol. The quantitative estimate of drug-likeness (QED) is 0.598. The van der Waals surface area contributed by atoms with Crippen LogP contribution in [0, 0.1) is 11.3 Å². The summed E-state index contributed by atoms with van der Waals surface area (Å²) in [6.45, 7) is 6.86. The number of carbonyl (C=O) groups is 1. The number of carbonyl (C=O) groups excluding carboxylic acids is 1. The van der Waals surface area contributed by atoms with E-state index in [0.717, 1.165) is 23.0 Å². The second-order valence-corrected chi connectivity index (χ2v) is 10.2. The number of aromatic nitrogens is 3. The molecule has 0 saturated carbocycles. The number of hydrogen-bond donors (Lipinski definition) is 1. The maximum Gasteiger partial charge on any atom is 0.407 e. The van der Waals surface area contributed by atoms with Crippen molar-refractivity contribution < 1.29 is 9.53 Å². The average Bonchev–Trinajstić information content (AvgIpc) is 3.15. The van der Waals surface area contributed by atoms with Crippen molar-refractivity contribution in [3.63, 3.8) is 0 Å². The van der Waals surface area contributed by atoms with E-state index < -0.39 is 22.9 Å². The van der Waals surface area contributed by atoms with Crippen molar-refractivity contribution in [2.45, 2.75) is 51.8 Å². The van der Waals surface area contributed by atoms with Crippen molar-refractivity contribution in [3.8, 4) is 6.07 Å².